The highest BCUT2D eigenvalue weighted by Crippen LogP contribution is 2.25. The van der Waals surface area contributed by atoms with Crippen LogP contribution < -0.4 is 10.9 Å². The summed E-state index contributed by atoms with van der Waals surface area (Å²) in [6.07, 6.45) is 3.78. The zero-order valence-corrected chi connectivity index (χ0v) is 15.7. The second-order valence-corrected chi connectivity index (χ2v) is 6.94. The van der Waals surface area contributed by atoms with Crippen LogP contribution >= 0.6 is 0 Å². The highest BCUT2D eigenvalue weighted by molar-refractivity contribution is 6.04. The number of H-pyrrole nitrogens is 1. The first-order valence-corrected chi connectivity index (χ1v) is 9.42. The summed E-state index contributed by atoms with van der Waals surface area (Å²) in [6, 6.07) is 10.4. The van der Waals surface area contributed by atoms with Crippen molar-refractivity contribution in [1.82, 2.24) is 19.7 Å². The second-order valence-electron chi connectivity index (χ2n) is 6.94. The lowest BCUT2D eigenvalue weighted by atomic mass is 10.2. The summed E-state index contributed by atoms with van der Waals surface area (Å²) < 4.78 is 20.3. The van der Waals surface area contributed by atoms with E-state index >= 15 is 0 Å². The number of aryl methyl sites for hydroxylation is 1. The average molecular weight is 405 g/mol. The number of rotatable bonds is 4. The van der Waals surface area contributed by atoms with Gasteiger partial charge in [-0.3, -0.25) is 14.6 Å². The van der Waals surface area contributed by atoms with Gasteiger partial charge in [0.05, 0.1) is 12.0 Å². The molecule has 8 nitrogen and oxygen atoms in total. The molecule has 0 saturated carbocycles. The lowest BCUT2D eigenvalue weighted by molar-refractivity contribution is 0.102. The zero-order chi connectivity index (χ0) is 20.7. The van der Waals surface area contributed by atoms with E-state index in [4.69, 9.17) is 4.42 Å². The Labute approximate surface area is 169 Å². The summed E-state index contributed by atoms with van der Waals surface area (Å²) in [7, 11) is 0. The third kappa shape index (κ3) is 3.20. The zero-order valence-electron chi connectivity index (χ0n) is 15.7. The molecule has 30 heavy (non-hydrogen) atoms. The Morgan fingerprint density at radius 2 is 2.10 bits per heavy atom. The van der Waals surface area contributed by atoms with E-state index in [0.29, 0.717) is 29.9 Å². The van der Waals surface area contributed by atoms with E-state index < -0.39 is 11.7 Å². The number of nitrogens with one attached hydrogen (secondary N) is 2. The molecule has 0 radical (unpaired) electrons. The summed E-state index contributed by atoms with van der Waals surface area (Å²) in [6.45, 7) is 0. The third-order valence-electron chi connectivity index (χ3n) is 4.94. The summed E-state index contributed by atoms with van der Waals surface area (Å²) in [5, 5.41) is 7.17. The van der Waals surface area contributed by atoms with Gasteiger partial charge in [-0.05, 0) is 49.6 Å². The first-order chi connectivity index (χ1) is 14.6. The van der Waals surface area contributed by atoms with Gasteiger partial charge in [0.2, 0.25) is 5.95 Å². The highest BCUT2D eigenvalue weighted by atomic mass is 19.1. The number of halogens is 1. The average Bonchev–Trinajstić information content (AvgIpc) is 3.48. The number of amides is 1. The molecule has 0 saturated heterocycles. The van der Waals surface area contributed by atoms with Crippen LogP contribution in [-0.4, -0.2) is 25.7 Å². The number of furan rings is 1. The number of aromatic nitrogens is 4. The van der Waals surface area contributed by atoms with Crippen molar-refractivity contribution >= 4 is 11.7 Å². The monoisotopic (exact) mass is 405 g/mol. The van der Waals surface area contributed by atoms with Crippen LogP contribution in [0, 0.1) is 5.82 Å². The molecule has 0 spiro atoms. The number of carbonyl (C=O) groups is 1. The topological polar surface area (TPSA) is 106 Å². The highest BCUT2D eigenvalue weighted by Gasteiger charge is 2.21. The molecule has 0 aliphatic heterocycles. The fourth-order valence-electron chi connectivity index (χ4n) is 3.52. The van der Waals surface area contributed by atoms with Crippen molar-refractivity contribution in [1.29, 1.82) is 0 Å². The number of aromatic amines is 1. The van der Waals surface area contributed by atoms with Crippen molar-refractivity contribution < 1.29 is 13.6 Å². The van der Waals surface area contributed by atoms with Crippen LogP contribution in [-0.2, 0) is 12.8 Å². The molecular formula is C21H16FN5O3. The quantitative estimate of drug-likeness (QED) is 0.543. The van der Waals surface area contributed by atoms with Gasteiger partial charge in [-0.2, -0.15) is 9.78 Å². The van der Waals surface area contributed by atoms with Crippen molar-refractivity contribution in [3.05, 3.63) is 81.7 Å². The number of fused-ring (bicyclic) bond motifs is 1. The van der Waals surface area contributed by atoms with E-state index in [1.54, 1.807) is 18.2 Å². The predicted octanol–water partition coefficient (Wildman–Crippen LogP) is 3.10. The van der Waals surface area contributed by atoms with Gasteiger partial charge in [-0.15, -0.1) is 0 Å². The Bertz CT molecular complexity index is 1310. The van der Waals surface area contributed by atoms with Gasteiger partial charge < -0.3 is 9.73 Å². The Morgan fingerprint density at radius 1 is 1.20 bits per heavy atom. The molecule has 9 heteroatoms. The van der Waals surface area contributed by atoms with Crippen LogP contribution in [0.1, 0.15) is 28.0 Å². The smallest absolute Gasteiger partial charge is 0.256 e. The lowest BCUT2D eigenvalue weighted by Gasteiger charge is -2.09. The Kier molecular flexibility index (Phi) is 4.27. The Balaban J connectivity index is 1.59. The number of hydrogen-bond donors (Lipinski definition) is 2. The van der Waals surface area contributed by atoms with Crippen LogP contribution in [0.4, 0.5) is 10.2 Å². The van der Waals surface area contributed by atoms with Gasteiger partial charge in [-0.1, -0.05) is 6.07 Å². The molecule has 5 rings (SSSR count). The predicted molar refractivity (Wildman–Crippen MR) is 106 cm³/mol. The fraction of sp³-hybridized carbons (Fsp3) is 0.143. The first kappa shape index (κ1) is 18.0. The molecule has 1 aliphatic rings. The largest absolute Gasteiger partial charge is 0.463 e. The second kappa shape index (κ2) is 7.11. The number of anilines is 1. The van der Waals surface area contributed by atoms with Gasteiger partial charge in [-0.25, -0.2) is 9.37 Å². The normalized spacial score (nSPS) is 12.7. The summed E-state index contributed by atoms with van der Waals surface area (Å²) >= 11 is 0. The molecule has 3 heterocycles. The maximum atomic E-state index is 13.5. The van der Waals surface area contributed by atoms with Crippen molar-refractivity contribution in [3.63, 3.8) is 0 Å². The maximum absolute atomic E-state index is 13.5. The van der Waals surface area contributed by atoms with Gasteiger partial charge in [0.25, 0.3) is 11.5 Å². The van der Waals surface area contributed by atoms with Crippen LogP contribution in [0.25, 0.3) is 17.4 Å². The van der Waals surface area contributed by atoms with Gasteiger partial charge in [0.1, 0.15) is 17.3 Å². The fourth-order valence-corrected chi connectivity index (χ4v) is 3.52. The van der Waals surface area contributed by atoms with Crippen LogP contribution in [0.3, 0.4) is 0 Å². The van der Waals surface area contributed by atoms with Gasteiger partial charge in [0.15, 0.2) is 5.76 Å². The minimum absolute atomic E-state index is 0.151. The minimum Gasteiger partial charge on any atom is -0.463 e. The standard InChI is InChI=1S/C21H16FN5O3/c22-13-5-1-4-12(10-13)19(28)24-18-11-16(17-8-3-9-30-17)26-27(18)21-23-15-7-2-6-14(15)20(29)25-21/h1,3-5,8-11H,2,6-7H2,(H,24,28)(H,23,25,29). The summed E-state index contributed by atoms with van der Waals surface area (Å²) in [5.41, 5.74) is 1.79. The molecule has 4 aromatic rings. The SMILES string of the molecule is O=C(Nc1cc(-c2ccco2)nn1-c1nc2c(c(=O)[nH]1)CCC2)c1cccc(F)c1. The molecular weight excluding hydrogens is 389 g/mol. The lowest BCUT2D eigenvalue weighted by Crippen LogP contribution is -2.21. The molecule has 0 atom stereocenters. The molecule has 3 aromatic heterocycles. The van der Waals surface area contributed by atoms with Crippen LogP contribution in [0.5, 0.6) is 0 Å². The molecule has 0 unspecified atom stereocenters. The van der Waals surface area contributed by atoms with E-state index in [-0.39, 0.29) is 22.9 Å². The van der Waals surface area contributed by atoms with Crippen molar-refractivity contribution in [3.8, 4) is 17.4 Å². The van der Waals surface area contributed by atoms with E-state index in [2.05, 4.69) is 20.4 Å². The van der Waals surface area contributed by atoms with E-state index in [1.807, 2.05) is 0 Å². The minimum atomic E-state index is -0.523. The number of nitrogens with zero attached hydrogens (tertiary/aromatic N) is 3. The maximum Gasteiger partial charge on any atom is 0.256 e. The van der Waals surface area contributed by atoms with E-state index in [0.717, 1.165) is 18.2 Å². The molecule has 1 aliphatic carbocycles. The molecule has 1 aromatic carbocycles. The Morgan fingerprint density at radius 3 is 2.90 bits per heavy atom. The molecule has 2 N–H and O–H groups in total. The van der Waals surface area contributed by atoms with Crippen molar-refractivity contribution in [2.24, 2.45) is 0 Å². The molecule has 0 bridgehead atoms. The van der Waals surface area contributed by atoms with E-state index in [9.17, 15) is 14.0 Å². The third-order valence-corrected chi connectivity index (χ3v) is 4.94. The van der Waals surface area contributed by atoms with Crippen molar-refractivity contribution in [2.45, 2.75) is 19.3 Å². The number of hydrogen-bond acceptors (Lipinski definition) is 5. The van der Waals surface area contributed by atoms with E-state index in [1.165, 1.54) is 29.1 Å². The number of carbonyl (C=O) groups excluding carboxylic acids is 1. The van der Waals surface area contributed by atoms with Crippen LogP contribution in [0.2, 0.25) is 0 Å². The first-order valence-electron chi connectivity index (χ1n) is 9.42. The summed E-state index contributed by atoms with van der Waals surface area (Å²) in [4.78, 5) is 32.4. The van der Waals surface area contributed by atoms with Crippen molar-refractivity contribution in [2.75, 3.05) is 5.32 Å². The molecule has 1 amide bonds. The molecule has 150 valence electrons. The van der Waals surface area contributed by atoms with Crippen LogP contribution in [0.15, 0.2) is 57.9 Å². The van der Waals surface area contributed by atoms with Gasteiger partial charge in [0, 0.05) is 17.2 Å². The molecule has 0 fully saturated rings. The Hall–Kier alpha value is -4.01. The summed E-state index contributed by atoms with van der Waals surface area (Å²) in [5.74, 6) is -0.106. The van der Waals surface area contributed by atoms with Gasteiger partial charge >= 0.3 is 0 Å². The number of benzene rings is 1.